The highest BCUT2D eigenvalue weighted by Gasteiger charge is 2.17. The Morgan fingerprint density at radius 3 is 2.90 bits per heavy atom. The number of halogens is 1. The third kappa shape index (κ3) is 2.75. The number of benzene rings is 1. The Kier molecular flexibility index (Phi) is 3.62. The molecule has 0 unspecified atom stereocenters. The van der Waals surface area contributed by atoms with E-state index in [2.05, 4.69) is 26.2 Å². The van der Waals surface area contributed by atoms with Crippen molar-refractivity contribution in [3.8, 4) is 0 Å². The summed E-state index contributed by atoms with van der Waals surface area (Å²) in [5.41, 5.74) is 1.78. The number of carbonyl (C=O) groups is 1. The minimum atomic E-state index is -1.01. The van der Waals surface area contributed by atoms with Crippen molar-refractivity contribution in [2.45, 2.75) is 6.54 Å². The number of carboxylic acids is 1. The number of nitrogens with zero attached hydrogens (tertiary/aromatic N) is 2. The fourth-order valence-corrected chi connectivity index (χ4v) is 2.60. The highest BCUT2D eigenvalue weighted by molar-refractivity contribution is 9.10. The fourth-order valence-electron chi connectivity index (χ4n) is 2.16. The van der Waals surface area contributed by atoms with Gasteiger partial charge in [0.05, 0.1) is 0 Å². The monoisotopic (exact) mass is 345 g/mol. The zero-order valence-corrected chi connectivity index (χ0v) is 12.5. The van der Waals surface area contributed by atoms with Crippen LogP contribution in [0.15, 0.2) is 53.1 Å². The first-order valence-electron chi connectivity index (χ1n) is 6.34. The van der Waals surface area contributed by atoms with E-state index in [1.54, 1.807) is 22.7 Å². The van der Waals surface area contributed by atoms with Crippen molar-refractivity contribution in [2.75, 3.05) is 5.32 Å². The van der Waals surface area contributed by atoms with Gasteiger partial charge in [0.2, 0.25) is 0 Å². The van der Waals surface area contributed by atoms with Crippen LogP contribution in [-0.2, 0) is 6.54 Å². The van der Waals surface area contributed by atoms with Crippen LogP contribution in [0.3, 0.4) is 0 Å². The van der Waals surface area contributed by atoms with E-state index in [4.69, 9.17) is 0 Å². The number of imidazole rings is 1. The van der Waals surface area contributed by atoms with E-state index in [0.717, 1.165) is 10.0 Å². The predicted molar refractivity (Wildman–Crippen MR) is 83.6 cm³/mol. The first-order valence-corrected chi connectivity index (χ1v) is 7.13. The second-order valence-corrected chi connectivity index (χ2v) is 5.44. The summed E-state index contributed by atoms with van der Waals surface area (Å²) in [6.07, 6.45) is 1.69. The van der Waals surface area contributed by atoms with Crippen molar-refractivity contribution in [3.05, 3.63) is 64.4 Å². The first-order chi connectivity index (χ1) is 10.1. The number of hydrogen-bond acceptors (Lipinski definition) is 3. The average molecular weight is 346 g/mol. The van der Waals surface area contributed by atoms with Crippen molar-refractivity contribution in [2.24, 2.45) is 0 Å². The van der Waals surface area contributed by atoms with Crippen LogP contribution < -0.4 is 5.32 Å². The second-order valence-electron chi connectivity index (χ2n) is 4.53. The SMILES string of the molecule is O=C(O)c1c(NCc2cccc(Br)c2)nc2ccccn12. The normalized spacial score (nSPS) is 10.7. The number of aromatic carboxylic acids is 1. The minimum absolute atomic E-state index is 0.139. The van der Waals surface area contributed by atoms with E-state index < -0.39 is 5.97 Å². The quantitative estimate of drug-likeness (QED) is 0.760. The fraction of sp³-hybridized carbons (Fsp3) is 0.0667. The third-order valence-corrected chi connectivity index (χ3v) is 3.57. The molecule has 2 heterocycles. The molecule has 2 aromatic heterocycles. The number of rotatable bonds is 4. The van der Waals surface area contributed by atoms with Gasteiger partial charge in [-0.3, -0.25) is 4.40 Å². The summed E-state index contributed by atoms with van der Waals surface area (Å²) in [5, 5.41) is 12.5. The number of pyridine rings is 1. The predicted octanol–water partition coefficient (Wildman–Crippen LogP) is 3.41. The summed E-state index contributed by atoms with van der Waals surface area (Å²) in [6.45, 7) is 0.504. The zero-order valence-electron chi connectivity index (χ0n) is 11.0. The molecule has 0 aliphatic carbocycles. The van der Waals surface area contributed by atoms with Crippen LogP contribution in [0.4, 0.5) is 5.82 Å². The van der Waals surface area contributed by atoms with Crippen LogP contribution >= 0.6 is 15.9 Å². The average Bonchev–Trinajstić information content (AvgIpc) is 2.83. The largest absolute Gasteiger partial charge is 0.476 e. The van der Waals surface area contributed by atoms with E-state index in [0.29, 0.717) is 18.0 Å². The van der Waals surface area contributed by atoms with Gasteiger partial charge in [-0.15, -0.1) is 0 Å². The number of hydrogen-bond donors (Lipinski definition) is 2. The Bertz CT molecular complexity index is 814. The van der Waals surface area contributed by atoms with Gasteiger partial charge in [0.15, 0.2) is 11.5 Å². The molecule has 1 aromatic carbocycles. The molecule has 0 saturated carbocycles. The lowest BCUT2D eigenvalue weighted by molar-refractivity contribution is 0.0690. The maximum Gasteiger partial charge on any atom is 0.356 e. The molecule has 0 amide bonds. The molecule has 0 fully saturated rings. The van der Waals surface area contributed by atoms with Crippen LogP contribution in [0.5, 0.6) is 0 Å². The van der Waals surface area contributed by atoms with Gasteiger partial charge >= 0.3 is 5.97 Å². The maximum absolute atomic E-state index is 11.5. The van der Waals surface area contributed by atoms with Gasteiger partial charge in [-0.05, 0) is 29.8 Å². The van der Waals surface area contributed by atoms with E-state index in [-0.39, 0.29) is 5.69 Å². The lowest BCUT2D eigenvalue weighted by atomic mass is 10.2. The minimum Gasteiger partial charge on any atom is -0.476 e. The summed E-state index contributed by atoms with van der Waals surface area (Å²) in [6, 6.07) is 13.2. The molecule has 5 nitrogen and oxygen atoms in total. The van der Waals surface area contributed by atoms with Gasteiger partial charge in [0.25, 0.3) is 0 Å². The van der Waals surface area contributed by atoms with Crippen LogP contribution in [0.2, 0.25) is 0 Å². The molecule has 106 valence electrons. The summed E-state index contributed by atoms with van der Waals surface area (Å²) >= 11 is 3.41. The van der Waals surface area contributed by atoms with Crippen molar-refractivity contribution in [1.82, 2.24) is 9.38 Å². The Balaban J connectivity index is 1.93. The Morgan fingerprint density at radius 1 is 1.29 bits per heavy atom. The molecule has 3 rings (SSSR count). The summed E-state index contributed by atoms with van der Waals surface area (Å²) in [5.74, 6) is -0.640. The summed E-state index contributed by atoms with van der Waals surface area (Å²) in [4.78, 5) is 15.8. The lowest BCUT2D eigenvalue weighted by Crippen LogP contribution is -2.07. The molecular weight excluding hydrogens is 334 g/mol. The van der Waals surface area contributed by atoms with Crippen molar-refractivity contribution in [3.63, 3.8) is 0 Å². The number of nitrogens with one attached hydrogen (secondary N) is 1. The number of carboxylic acid groups (broad SMARTS) is 1. The number of aromatic nitrogens is 2. The van der Waals surface area contributed by atoms with Crippen LogP contribution in [0, 0.1) is 0 Å². The molecule has 0 spiro atoms. The van der Waals surface area contributed by atoms with Crippen molar-refractivity contribution >= 4 is 33.4 Å². The first kappa shape index (κ1) is 13.6. The van der Waals surface area contributed by atoms with Gasteiger partial charge in [0.1, 0.15) is 5.65 Å². The Hall–Kier alpha value is -2.34. The topological polar surface area (TPSA) is 66.6 Å². The maximum atomic E-state index is 11.5. The van der Waals surface area contributed by atoms with Gasteiger partial charge in [-0.25, -0.2) is 9.78 Å². The van der Waals surface area contributed by atoms with E-state index in [1.165, 1.54) is 0 Å². The molecule has 0 atom stereocenters. The molecular formula is C15H12BrN3O2. The molecule has 21 heavy (non-hydrogen) atoms. The third-order valence-electron chi connectivity index (χ3n) is 3.08. The smallest absolute Gasteiger partial charge is 0.356 e. The van der Waals surface area contributed by atoms with E-state index in [1.807, 2.05) is 30.3 Å². The van der Waals surface area contributed by atoms with E-state index >= 15 is 0 Å². The Morgan fingerprint density at radius 2 is 2.14 bits per heavy atom. The van der Waals surface area contributed by atoms with Gasteiger partial charge in [-0.2, -0.15) is 0 Å². The number of anilines is 1. The summed E-state index contributed by atoms with van der Waals surface area (Å²) < 4.78 is 2.54. The van der Waals surface area contributed by atoms with Crippen LogP contribution in [-0.4, -0.2) is 20.5 Å². The lowest BCUT2D eigenvalue weighted by Gasteiger charge is -2.05. The molecule has 0 saturated heterocycles. The van der Waals surface area contributed by atoms with E-state index in [9.17, 15) is 9.90 Å². The molecule has 0 aliphatic rings. The molecule has 0 bridgehead atoms. The molecule has 2 N–H and O–H groups in total. The molecule has 0 aliphatic heterocycles. The van der Waals surface area contributed by atoms with Crippen molar-refractivity contribution in [1.29, 1.82) is 0 Å². The van der Waals surface area contributed by atoms with Crippen LogP contribution in [0.25, 0.3) is 5.65 Å². The summed E-state index contributed by atoms with van der Waals surface area (Å²) in [7, 11) is 0. The zero-order chi connectivity index (χ0) is 14.8. The second kappa shape index (κ2) is 5.57. The Labute approximate surface area is 129 Å². The van der Waals surface area contributed by atoms with Crippen LogP contribution in [0.1, 0.15) is 16.1 Å². The van der Waals surface area contributed by atoms with Gasteiger partial charge < -0.3 is 10.4 Å². The molecule has 0 radical (unpaired) electrons. The van der Waals surface area contributed by atoms with Gasteiger partial charge in [0, 0.05) is 17.2 Å². The van der Waals surface area contributed by atoms with Crippen molar-refractivity contribution < 1.29 is 9.90 Å². The number of fused-ring (bicyclic) bond motifs is 1. The highest BCUT2D eigenvalue weighted by atomic mass is 79.9. The standard InChI is InChI=1S/C15H12BrN3O2/c16-11-5-3-4-10(8-11)9-17-14-13(15(20)21)19-7-2-1-6-12(19)18-14/h1-8,17H,9H2,(H,20,21). The molecule has 3 aromatic rings. The molecule has 6 heteroatoms. The van der Waals surface area contributed by atoms with Gasteiger partial charge in [-0.1, -0.05) is 34.1 Å². The highest BCUT2D eigenvalue weighted by Crippen LogP contribution is 2.19.